The van der Waals surface area contributed by atoms with Crippen molar-refractivity contribution < 1.29 is 9.90 Å². The van der Waals surface area contributed by atoms with Gasteiger partial charge in [0, 0.05) is 5.97 Å². The smallest absolute Gasteiger partial charge is 0.0445 e. The van der Waals surface area contributed by atoms with E-state index in [1.165, 1.54) is 57.8 Å². The van der Waals surface area contributed by atoms with Gasteiger partial charge in [-0.15, -0.1) is 0 Å². The summed E-state index contributed by atoms with van der Waals surface area (Å²) in [6.07, 6.45) is 15.5. The van der Waals surface area contributed by atoms with E-state index >= 15 is 0 Å². The van der Waals surface area contributed by atoms with E-state index in [1.807, 2.05) is 6.92 Å². The highest BCUT2D eigenvalue weighted by atomic mass is 16.4. The maximum Gasteiger partial charge on any atom is 0.0445 e. The number of carbonyl (C=O) groups is 1. The second kappa shape index (κ2) is 13.9. The zero-order valence-electron chi connectivity index (χ0n) is 13.1. The quantitative estimate of drug-likeness (QED) is 0.437. The Kier molecular flexibility index (Phi) is 13.5. The van der Waals surface area contributed by atoms with Crippen molar-refractivity contribution in [1.82, 2.24) is 0 Å². The van der Waals surface area contributed by atoms with Crippen LogP contribution in [-0.2, 0) is 4.79 Å². The summed E-state index contributed by atoms with van der Waals surface area (Å²) < 4.78 is 0. The molecule has 2 nitrogen and oxygen atoms in total. The van der Waals surface area contributed by atoms with Crippen molar-refractivity contribution in [2.75, 3.05) is 0 Å². The average Bonchev–Trinajstić information content (AvgIpc) is 2.39. The monoisotopic (exact) mass is 269 g/mol. The molecular weight excluding hydrogens is 236 g/mol. The van der Waals surface area contributed by atoms with E-state index in [4.69, 9.17) is 0 Å². The molecule has 0 aliphatic rings. The third kappa shape index (κ3) is 12.3. The second-order valence-corrected chi connectivity index (χ2v) is 5.78. The molecule has 2 heteroatoms. The third-order valence-electron chi connectivity index (χ3n) is 3.88. The van der Waals surface area contributed by atoms with Gasteiger partial charge in [0.05, 0.1) is 0 Å². The number of hydrogen-bond donors (Lipinski definition) is 0. The Morgan fingerprint density at radius 1 is 0.737 bits per heavy atom. The molecular formula is C17H33O2-. The lowest BCUT2D eigenvalue weighted by molar-refractivity contribution is -0.312. The lowest BCUT2D eigenvalue weighted by atomic mass is 9.96. The highest BCUT2D eigenvalue weighted by molar-refractivity contribution is 5.67. The number of rotatable bonds is 14. The highest BCUT2D eigenvalue weighted by Gasteiger charge is 2.07. The largest absolute Gasteiger partial charge is 0.550 e. The van der Waals surface area contributed by atoms with E-state index in [1.54, 1.807) is 0 Å². The maximum atomic E-state index is 10.9. The fraction of sp³-hybridized carbons (Fsp3) is 0.941. The molecule has 0 bridgehead atoms. The van der Waals surface area contributed by atoms with Crippen LogP contribution in [0.15, 0.2) is 0 Å². The van der Waals surface area contributed by atoms with Gasteiger partial charge in [-0.1, -0.05) is 84.5 Å². The van der Waals surface area contributed by atoms with Crippen LogP contribution in [-0.4, -0.2) is 5.97 Å². The minimum Gasteiger partial charge on any atom is -0.550 e. The average molecular weight is 269 g/mol. The van der Waals surface area contributed by atoms with E-state index in [9.17, 15) is 9.90 Å². The van der Waals surface area contributed by atoms with Gasteiger partial charge in [0.2, 0.25) is 0 Å². The molecule has 0 aliphatic carbocycles. The summed E-state index contributed by atoms with van der Waals surface area (Å²) >= 11 is 0. The van der Waals surface area contributed by atoms with Crippen molar-refractivity contribution in [3.05, 3.63) is 0 Å². The minimum atomic E-state index is -0.849. The molecule has 114 valence electrons. The lowest BCUT2D eigenvalue weighted by Gasteiger charge is -2.16. The molecule has 0 aromatic rings. The molecule has 1 atom stereocenters. The van der Waals surface area contributed by atoms with Crippen molar-refractivity contribution in [3.8, 4) is 0 Å². The third-order valence-corrected chi connectivity index (χ3v) is 3.88. The standard InChI is InChI=1S/C17H34O2/c1-3-5-6-7-8-9-10-11-12-13-15-16(14-4-2)17(18)19/h16H,3-15H2,1-2H3,(H,18,19)/p-1. The Balaban J connectivity index is 3.27. The molecule has 0 radical (unpaired) electrons. The number of carboxylic acid groups (broad SMARTS) is 1. The maximum absolute atomic E-state index is 10.9. The molecule has 0 rings (SSSR count). The zero-order chi connectivity index (χ0) is 14.3. The minimum absolute atomic E-state index is 0.209. The normalized spacial score (nSPS) is 12.5. The first-order valence-electron chi connectivity index (χ1n) is 8.43. The van der Waals surface area contributed by atoms with E-state index in [-0.39, 0.29) is 5.92 Å². The summed E-state index contributed by atoms with van der Waals surface area (Å²) in [5.41, 5.74) is 0. The van der Waals surface area contributed by atoms with Crippen LogP contribution in [0.2, 0.25) is 0 Å². The molecule has 0 amide bonds. The van der Waals surface area contributed by atoms with Crippen molar-refractivity contribution in [3.63, 3.8) is 0 Å². The molecule has 0 spiro atoms. The van der Waals surface area contributed by atoms with Gasteiger partial charge in [-0.25, -0.2) is 0 Å². The Bertz CT molecular complexity index is 201. The van der Waals surface area contributed by atoms with Crippen LogP contribution < -0.4 is 5.11 Å². The van der Waals surface area contributed by atoms with Crippen LogP contribution >= 0.6 is 0 Å². The van der Waals surface area contributed by atoms with Crippen LogP contribution in [0.5, 0.6) is 0 Å². The summed E-state index contributed by atoms with van der Waals surface area (Å²) in [6, 6.07) is 0. The second-order valence-electron chi connectivity index (χ2n) is 5.78. The molecule has 0 fully saturated rings. The first-order chi connectivity index (χ1) is 9.22. The van der Waals surface area contributed by atoms with Crippen LogP contribution in [0.3, 0.4) is 0 Å². The van der Waals surface area contributed by atoms with E-state index in [0.29, 0.717) is 0 Å². The fourth-order valence-corrected chi connectivity index (χ4v) is 2.61. The lowest BCUT2D eigenvalue weighted by Crippen LogP contribution is -2.31. The Hall–Kier alpha value is -0.530. The Morgan fingerprint density at radius 3 is 1.63 bits per heavy atom. The molecule has 0 aromatic carbocycles. The van der Waals surface area contributed by atoms with Gasteiger partial charge in [0.15, 0.2) is 0 Å². The number of carboxylic acids is 1. The molecule has 0 saturated carbocycles. The van der Waals surface area contributed by atoms with Crippen molar-refractivity contribution in [2.24, 2.45) is 5.92 Å². The molecule has 0 aromatic heterocycles. The zero-order valence-corrected chi connectivity index (χ0v) is 13.1. The SMILES string of the molecule is CCCCCCCCCCCCC(CCC)C(=O)[O-]. The van der Waals surface area contributed by atoms with E-state index < -0.39 is 5.97 Å². The van der Waals surface area contributed by atoms with Crippen molar-refractivity contribution >= 4 is 5.97 Å². The number of hydrogen-bond acceptors (Lipinski definition) is 2. The summed E-state index contributed by atoms with van der Waals surface area (Å²) in [5.74, 6) is -1.06. The van der Waals surface area contributed by atoms with E-state index in [2.05, 4.69) is 6.92 Å². The van der Waals surface area contributed by atoms with Crippen molar-refractivity contribution in [1.29, 1.82) is 0 Å². The first kappa shape index (κ1) is 18.5. The molecule has 0 saturated heterocycles. The first-order valence-corrected chi connectivity index (χ1v) is 8.43. The predicted molar refractivity (Wildman–Crippen MR) is 79.9 cm³/mol. The van der Waals surface area contributed by atoms with Crippen LogP contribution in [0.4, 0.5) is 0 Å². The van der Waals surface area contributed by atoms with Gasteiger partial charge in [-0.2, -0.15) is 0 Å². The Morgan fingerprint density at radius 2 is 1.21 bits per heavy atom. The topological polar surface area (TPSA) is 40.1 Å². The Labute approximate surface area is 120 Å². The van der Waals surface area contributed by atoms with Gasteiger partial charge < -0.3 is 9.90 Å². The van der Waals surface area contributed by atoms with Gasteiger partial charge in [-0.05, 0) is 18.8 Å². The molecule has 19 heavy (non-hydrogen) atoms. The number of unbranched alkanes of at least 4 members (excludes halogenated alkanes) is 9. The van der Waals surface area contributed by atoms with Crippen LogP contribution in [0.25, 0.3) is 0 Å². The fourth-order valence-electron chi connectivity index (χ4n) is 2.61. The van der Waals surface area contributed by atoms with Gasteiger partial charge >= 0.3 is 0 Å². The number of aliphatic carboxylic acids is 1. The summed E-state index contributed by atoms with van der Waals surface area (Å²) in [6.45, 7) is 4.28. The van der Waals surface area contributed by atoms with Crippen molar-refractivity contribution in [2.45, 2.75) is 97.3 Å². The molecule has 1 unspecified atom stereocenters. The van der Waals surface area contributed by atoms with Crippen LogP contribution in [0.1, 0.15) is 97.3 Å². The summed E-state index contributed by atoms with van der Waals surface area (Å²) in [7, 11) is 0. The summed E-state index contributed by atoms with van der Waals surface area (Å²) in [5, 5.41) is 10.9. The summed E-state index contributed by atoms with van der Waals surface area (Å²) in [4.78, 5) is 10.9. The van der Waals surface area contributed by atoms with E-state index in [0.717, 1.165) is 25.7 Å². The number of carbonyl (C=O) groups excluding carboxylic acids is 1. The molecule has 0 heterocycles. The van der Waals surface area contributed by atoms with Crippen LogP contribution in [0, 0.1) is 5.92 Å². The molecule has 0 aliphatic heterocycles. The van der Waals surface area contributed by atoms with Gasteiger partial charge in [0.1, 0.15) is 0 Å². The predicted octanol–water partition coefficient (Wildman–Crippen LogP) is 4.46. The van der Waals surface area contributed by atoms with Gasteiger partial charge in [-0.3, -0.25) is 0 Å². The molecule has 0 N–H and O–H groups in total. The van der Waals surface area contributed by atoms with Gasteiger partial charge in [0.25, 0.3) is 0 Å². The highest BCUT2D eigenvalue weighted by Crippen LogP contribution is 2.16.